The van der Waals surface area contributed by atoms with Gasteiger partial charge in [-0.2, -0.15) is 0 Å². The Kier molecular flexibility index (Phi) is 8.44. The molecule has 0 unspecified atom stereocenters. The lowest BCUT2D eigenvalue weighted by Gasteiger charge is -2.15. The third-order valence-corrected chi connectivity index (χ3v) is 5.34. The van der Waals surface area contributed by atoms with E-state index in [0.29, 0.717) is 0 Å². The molecule has 0 atom stereocenters. The first-order chi connectivity index (χ1) is 14.3. The van der Waals surface area contributed by atoms with Crippen LogP contribution >= 0.6 is 24.0 Å². The van der Waals surface area contributed by atoms with Gasteiger partial charge >= 0.3 is 0 Å². The summed E-state index contributed by atoms with van der Waals surface area (Å²) in [6.45, 7) is 5.02. The van der Waals surface area contributed by atoms with Gasteiger partial charge in [0.05, 0.1) is 0 Å². The Morgan fingerprint density at radius 3 is 2.53 bits per heavy atom. The highest BCUT2D eigenvalue weighted by Gasteiger charge is 2.11. The number of aromatic nitrogens is 3. The number of guanidine groups is 1. The van der Waals surface area contributed by atoms with Crippen LogP contribution in [-0.4, -0.2) is 52.1 Å². The maximum Gasteiger partial charge on any atom is 0.191 e. The Balaban J connectivity index is 0.00000256. The molecule has 2 N–H and O–H groups in total. The van der Waals surface area contributed by atoms with Crippen molar-refractivity contribution in [2.24, 2.45) is 4.99 Å². The van der Waals surface area contributed by atoms with Crippen LogP contribution in [0.25, 0.3) is 5.65 Å². The molecule has 8 heteroatoms. The highest BCUT2D eigenvalue weighted by molar-refractivity contribution is 14.0. The number of nitrogens with one attached hydrogen (secondary N) is 2. The molecule has 4 rings (SSSR count). The fraction of sp³-hybridized carbons (Fsp3) is 0.409. The van der Waals surface area contributed by atoms with Gasteiger partial charge in [-0.25, -0.2) is 0 Å². The van der Waals surface area contributed by atoms with Crippen molar-refractivity contribution >= 4 is 35.6 Å². The summed E-state index contributed by atoms with van der Waals surface area (Å²) in [6.07, 6.45) is 5.44. The molecule has 30 heavy (non-hydrogen) atoms. The Morgan fingerprint density at radius 2 is 1.77 bits per heavy atom. The number of likely N-dealkylation sites (tertiary alicyclic amines) is 1. The lowest BCUT2D eigenvalue weighted by Crippen LogP contribution is -2.38. The van der Waals surface area contributed by atoms with Gasteiger partial charge in [0.25, 0.3) is 0 Å². The van der Waals surface area contributed by atoms with Crippen molar-refractivity contribution in [3.8, 4) is 0 Å². The molecule has 0 aliphatic carbocycles. The minimum Gasteiger partial charge on any atom is -0.356 e. The summed E-state index contributed by atoms with van der Waals surface area (Å²) in [7, 11) is 1.79. The quantitative estimate of drug-likeness (QED) is 0.286. The fourth-order valence-electron chi connectivity index (χ4n) is 3.72. The van der Waals surface area contributed by atoms with E-state index >= 15 is 0 Å². The smallest absolute Gasteiger partial charge is 0.191 e. The third-order valence-electron chi connectivity index (χ3n) is 5.34. The monoisotopic (exact) mass is 519 g/mol. The maximum atomic E-state index is 4.32. The molecule has 1 aliphatic rings. The van der Waals surface area contributed by atoms with E-state index in [4.69, 9.17) is 0 Å². The molecule has 1 saturated heterocycles. The number of aliphatic imine (C=N–C) groups is 1. The van der Waals surface area contributed by atoms with Gasteiger partial charge in [0, 0.05) is 39.3 Å². The number of fused-ring (bicyclic) bond motifs is 1. The Hall–Kier alpha value is -2.20. The summed E-state index contributed by atoms with van der Waals surface area (Å²) < 4.78 is 2.02. The van der Waals surface area contributed by atoms with Crippen LogP contribution in [0.5, 0.6) is 0 Å². The average molecular weight is 519 g/mol. The van der Waals surface area contributed by atoms with Crippen LogP contribution in [0.1, 0.15) is 29.8 Å². The zero-order valence-electron chi connectivity index (χ0n) is 17.4. The fourth-order valence-corrected chi connectivity index (χ4v) is 3.72. The molecule has 1 fully saturated rings. The number of hydrogen-bond acceptors (Lipinski definition) is 4. The summed E-state index contributed by atoms with van der Waals surface area (Å²) in [5.41, 5.74) is 3.51. The summed E-state index contributed by atoms with van der Waals surface area (Å²) in [5, 5.41) is 15.2. The van der Waals surface area contributed by atoms with Gasteiger partial charge in [-0.3, -0.25) is 14.3 Å². The summed E-state index contributed by atoms with van der Waals surface area (Å²) in [6, 6.07) is 14.8. The standard InChI is InChI=1S/C22H29N7.HI/c1-23-22(24-12-11-21-27-26-20-6-2-3-15-29(20)21)25-16-18-7-9-19(10-8-18)17-28-13-4-5-14-28;/h2-3,6-10,15H,4-5,11-14,16-17H2,1H3,(H2,23,24,25);1H. The van der Waals surface area contributed by atoms with E-state index in [1.807, 2.05) is 28.8 Å². The maximum absolute atomic E-state index is 4.32. The molecule has 0 spiro atoms. The van der Waals surface area contributed by atoms with Crippen LogP contribution in [0.3, 0.4) is 0 Å². The highest BCUT2D eigenvalue weighted by Crippen LogP contribution is 2.13. The highest BCUT2D eigenvalue weighted by atomic mass is 127. The van der Waals surface area contributed by atoms with Crippen LogP contribution in [0.4, 0.5) is 0 Å². The molecule has 0 amide bonds. The van der Waals surface area contributed by atoms with Crippen molar-refractivity contribution in [2.45, 2.75) is 32.4 Å². The normalized spacial score (nSPS) is 14.6. The Bertz CT molecular complexity index is 946. The first kappa shape index (κ1) is 22.5. The average Bonchev–Trinajstić information content (AvgIpc) is 3.42. The molecule has 2 aromatic heterocycles. The van der Waals surface area contributed by atoms with Crippen molar-refractivity contribution in [1.82, 2.24) is 30.1 Å². The second-order valence-electron chi connectivity index (χ2n) is 7.45. The number of rotatable bonds is 7. The molecular weight excluding hydrogens is 489 g/mol. The zero-order chi connectivity index (χ0) is 19.9. The molecule has 0 radical (unpaired) electrons. The number of benzene rings is 1. The second-order valence-corrected chi connectivity index (χ2v) is 7.45. The first-order valence-electron chi connectivity index (χ1n) is 10.3. The largest absolute Gasteiger partial charge is 0.356 e. The van der Waals surface area contributed by atoms with E-state index in [9.17, 15) is 0 Å². The van der Waals surface area contributed by atoms with Gasteiger partial charge in [0.2, 0.25) is 0 Å². The van der Waals surface area contributed by atoms with Crippen molar-refractivity contribution in [3.63, 3.8) is 0 Å². The lowest BCUT2D eigenvalue weighted by atomic mass is 10.1. The van der Waals surface area contributed by atoms with E-state index in [1.165, 1.54) is 37.1 Å². The first-order valence-corrected chi connectivity index (χ1v) is 10.3. The van der Waals surface area contributed by atoms with E-state index in [1.54, 1.807) is 7.05 Å². The van der Waals surface area contributed by atoms with Crippen molar-refractivity contribution in [3.05, 3.63) is 65.6 Å². The summed E-state index contributed by atoms with van der Waals surface area (Å²) in [4.78, 5) is 6.84. The Morgan fingerprint density at radius 1 is 1.00 bits per heavy atom. The molecule has 3 heterocycles. The van der Waals surface area contributed by atoms with Gasteiger partial charge < -0.3 is 10.6 Å². The predicted molar refractivity (Wildman–Crippen MR) is 131 cm³/mol. The van der Waals surface area contributed by atoms with Crippen molar-refractivity contribution < 1.29 is 0 Å². The molecule has 7 nitrogen and oxygen atoms in total. The van der Waals surface area contributed by atoms with Gasteiger partial charge in [0.15, 0.2) is 11.6 Å². The van der Waals surface area contributed by atoms with Crippen LogP contribution in [0, 0.1) is 0 Å². The molecule has 1 aromatic carbocycles. The second kappa shape index (κ2) is 11.3. The number of nitrogens with zero attached hydrogens (tertiary/aromatic N) is 5. The topological polar surface area (TPSA) is 69.8 Å². The number of pyridine rings is 1. The molecule has 0 bridgehead atoms. The van der Waals surface area contributed by atoms with Crippen molar-refractivity contribution in [1.29, 1.82) is 0 Å². The van der Waals surface area contributed by atoms with Crippen LogP contribution in [0.15, 0.2) is 53.7 Å². The Labute approximate surface area is 195 Å². The van der Waals surface area contributed by atoms with E-state index in [0.717, 1.165) is 43.5 Å². The minimum absolute atomic E-state index is 0. The van der Waals surface area contributed by atoms with Gasteiger partial charge in [-0.05, 0) is 49.2 Å². The zero-order valence-corrected chi connectivity index (χ0v) is 19.8. The molecular formula is C22H30IN7. The van der Waals surface area contributed by atoms with Crippen LogP contribution in [0.2, 0.25) is 0 Å². The van der Waals surface area contributed by atoms with Crippen molar-refractivity contribution in [2.75, 3.05) is 26.7 Å². The van der Waals surface area contributed by atoms with E-state index < -0.39 is 0 Å². The third kappa shape index (κ3) is 5.91. The lowest BCUT2D eigenvalue weighted by molar-refractivity contribution is 0.331. The minimum atomic E-state index is 0. The predicted octanol–water partition coefficient (Wildman–Crippen LogP) is 2.85. The van der Waals surface area contributed by atoms with Crippen LogP contribution in [-0.2, 0) is 19.5 Å². The van der Waals surface area contributed by atoms with Crippen LogP contribution < -0.4 is 10.6 Å². The van der Waals surface area contributed by atoms with Gasteiger partial charge in [0.1, 0.15) is 5.82 Å². The molecule has 1 aliphatic heterocycles. The summed E-state index contributed by atoms with van der Waals surface area (Å²) in [5.74, 6) is 1.73. The molecule has 160 valence electrons. The van der Waals surface area contributed by atoms with E-state index in [2.05, 4.69) is 55.0 Å². The van der Waals surface area contributed by atoms with Gasteiger partial charge in [-0.1, -0.05) is 30.3 Å². The van der Waals surface area contributed by atoms with E-state index in [-0.39, 0.29) is 24.0 Å². The number of hydrogen-bond donors (Lipinski definition) is 2. The molecule has 3 aromatic rings. The number of halogens is 1. The van der Waals surface area contributed by atoms with Gasteiger partial charge in [-0.15, -0.1) is 34.2 Å². The SMILES string of the molecule is CN=C(NCCc1nnc2ccccn12)NCc1ccc(CN2CCCC2)cc1.I. The molecule has 0 saturated carbocycles. The summed E-state index contributed by atoms with van der Waals surface area (Å²) >= 11 is 0.